The first-order chi connectivity index (χ1) is 9.45. The molecule has 0 aliphatic rings. The molecule has 8 heteroatoms. The lowest BCUT2D eigenvalue weighted by atomic mass is 10.1. The summed E-state index contributed by atoms with van der Waals surface area (Å²) in [6.45, 7) is 0. The van der Waals surface area contributed by atoms with Gasteiger partial charge in [-0.2, -0.15) is 4.98 Å². The van der Waals surface area contributed by atoms with Crippen molar-refractivity contribution < 1.29 is 19.0 Å². The summed E-state index contributed by atoms with van der Waals surface area (Å²) in [6.07, 6.45) is 0. The third kappa shape index (κ3) is 2.18. The minimum atomic E-state index is -0.934. The Labute approximate surface area is 113 Å². The molecule has 1 aromatic carbocycles. The molecule has 20 heavy (non-hydrogen) atoms. The first-order valence-corrected chi connectivity index (χ1v) is 5.44. The lowest BCUT2D eigenvalue weighted by Gasteiger charge is -2.10. The minimum absolute atomic E-state index is 0.0359. The number of esters is 1. The van der Waals surface area contributed by atoms with Crippen LogP contribution in [0.2, 0.25) is 0 Å². The van der Waals surface area contributed by atoms with Gasteiger partial charge in [-0.25, -0.2) is 14.2 Å². The number of halogens is 1. The van der Waals surface area contributed by atoms with Crippen LogP contribution in [0.15, 0.2) is 18.2 Å². The summed E-state index contributed by atoms with van der Waals surface area (Å²) in [4.78, 5) is 18.6. The second-order valence-electron chi connectivity index (χ2n) is 3.82. The third-order valence-corrected chi connectivity index (χ3v) is 2.59. The van der Waals surface area contributed by atoms with Gasteiger partial charge in [0.1, 0.15) is 17.0 Å². The number of hydrogen-bond donors (Lipinski definition) is 3. The topological polar surface area (TPSA) is 124 Å². The Bertz CT molecular complexity index is 691. The van der Waals surface area contributed by atoms with Crippen LogP contribution in [0, 0.1) is 5.82 Å². The number of anilines is 2. The van der Waals surface area contributed by atoms with Crippen molar-refractivity contribution >= 4 is 17.7 Å². The number of aromatic nitrogens is 2. The highest BCUT2D eigenvalue weighted by Crippen LogP contribution is 2.34. The third-order valence-electron chi connectivity index (χ3n) is 2.59. The van der Waals surface area contributed by atoms with Gasteiger partial charge in [0.25, 0.3) is 0 Å². The van der Waals surface area contributed by atoms with Gasteiger partial charge < -0.3 is 21.3 Å². The number of rotatable bonds is 2. The molecule has 0 fully saturated rings. The molecule has 0 bridgehead atoms. The van der Waals surface area contributed by atoms with Crippen LogP contribution in [-0.2, 0) is 4.74 Å². The van der Waals surface area contributed by atoms with Crippen LogP contribution in [0.4, 0.5) is 16.2 Å². The average Bonchev–Trinajstić information content (AvgIpc) is 2.42. The minimum Gasteiger partial charge on any atom is -0.506 e. The first kappa shape index (κ1) is 13.5. The second kappa shape index (κ2) is 5.00. The van der Waals surface area contributed by atoms with E-state index in [1.165, 1.54) is 18.2 Å². The largest absolute Gasteiger partial charge is 0.506 e. The van der Waals surface area contributed by atoms with Crippen LogP contribution in [0.25, 0.3) is 11.3 Å². The Kier molecular flexibility index (Phi) is 3.38. The normalized spacial score (nSPS) is 10.3. The van der Waals surface area contributed by atoms with E-state index >= 15 is 0 Å². The number of hydrogen-bond acceptors (Lipinski definition) is 7. The molecule has 0 atom stereocenters. The molecule has 0 aliphatic carbocycles. The molecule has 0 saturated carbocycles. The number of nitrogens with zero attached hydrogens (tertiary/aromatic N) is 2. The highest BCUT2D eigenvalue weighted by Gasteiger charge is 2.20. The number of carbonyl (C=O) groups is 1. The molecule has 2 rings (SSSR count). The molecule has 0 radical (unpaired) electrons. The summed E-state index contributed by atoms with van der Waals surface area (Å²) in [6, 6.07) is 4.14. The van der Waals surface area contributed by atoms with E-state index < -0.39 is 23.4 Å². The first-order valence-electron chi connectivity index (χ1n) is 5.44. The molecule has 104 valence electrons. The van der Waals surface area contributed by atoms with Crippen LogP contribution in [0.1, 0.15) is 10.4 Å². The lowest BCUT2D eigenvalue weighted by Crippen LogP contribution is -2.06. The fourth-order valence-electron chi connectivity index (χ4n) is 1.67. The van der Waals surface area contributed by atoms with Gasteiger partial charge in [-0.3, -0.25) is 0 Å². The Morgan fingerprint density at radius 1 is 1.35 bits per heavy atom. The highest BCUT2D eigenvalue weighted by atomic mass is 19.1. The zero-order chi connectivity index (χ0) is 14.9. The highest BCUT2D eigenvalue weighted by molar-refractivity contribution is 5.95. The van der Waals surface area contributed by atoms with Gasteiger partial charge in [-0.05, 0) is 12.1 Å². The van der Waals surface area contributed by atoms with Gasteiger partial charge in [-0.15, -0.1) is 0 Å². The van der Waals surface area contributed by atoms with Crippen molar-refractivity contribution in [3.05, 3.63) is 29.6 Å². The van der Waals surface area contributed by atoms with Crippen molar-refractivity contribution in [2.24, 2.45) is 0 Å². The molecule has 0 aliphatic heterocycles. The number of nitrogen functional groups attached to an aromatic ring is 2. The molecule has 1 aromatic heterocycles. The van der Waals surface area contributed by atoms with Crippen molar-refractivity contribution in [1.29, 1.82) is 0 Å². The maximum Gasteiger partial charge on any atom is 0.341 e. The van der Waals surface area contributed by atoms with Crippen LogP contribution < -0.4 is 11.5 Å². The predicted molar refractivity (Wildman–Crippen MR) is 69.3 cm³/mol. The number of phenolic OH excluding ortho intramolecular Hbond substituents is 1. The maximum atomic E-state index is 13.9. The van der Waals surface area contributed by atoms with Crippen molar-refractivity contribution in [2.45, 2.75) is 0 Å². The summed E-state index contributed by atoms with van der Waals surface area (Å²) < 4.78 is 18.4. The van der Waals surface area contributed by atoms with E-state index in [0.717, 1.165) is 7.11 Å². The molecule has 1 heterocycles. The molecule has 7 nitrogen and oxygen atoms in total. The molecular weight excluding hydrogens is 267 g/mol. The van der Waals surface area contributed by atoms with Crippen molar-refractivity contribution in [3.63, 3.8) is 0 Å². The van der Waals surface area contributed by atoms with Gasteiger partial charge in [-0.1, -0.05) is 6.07 Å². The standard InChI is InChI=1S/C12H11FN4O3/c1-20-11(19)6-4-2-3-5(9(6)18)8-7(13)10(14)17-12(15)16-8/h2-4,18H,1H3,(H4,14,15,16,17). The summed E-state index contributed by atoms with van der Waals surface area (Å²) in [7, 11) is 1.16. The lowest BCUT2D eigenvalue weighted by molar-refractivity contribution is 0.0597. The molecular formula is C12H11FN4O3. The van der Waals surface area contributed by atoms with Crippen LogP contribution in [-0.4, -0.2) is 28.2 Å². The number of methoxy groups -OCH3 is 1. The Balaban J connectivity index is 2.68. The Morgan fingerprint density at radius 3 is 2.70 bits per heavy atom. The Morgan fingerprint density at radius 2 is 2.05 bits per heavy atom. The van der Waals surface area contributed by atoms with Crippen LogP contribution in [0.3, 0.4) is 0 Å². The quantitative estimate of drug-likeness (QED) is 0.698. The Hall–Kier alpha value is -2.90. The van der Waals surface area contributed by atoms with E-state index in [4.69, 9.17) is 11.5 Å². The van der Waals surface area contributed by atoms with E-state index in [0.29, 0.717) is 0 Å². The maximum absolute atomic E-state index is 13.9. The second-order valence-corrected chi connectivity index (χ2v) is 3.82. The van der Waals surface area contributed by atoms with E-state index in [-0.39, 0.29) is 22.8 Å². The molecule has 2 aromatic rings. The van der Waals surface area contributed by atoms with Gasteiger partial charge in [0.05, 0.1) is 7.11 Å². The van der Waals surface area contributed by atoms with Crippen LogP contribution in [0.5, 0.6) is 5.75 Å². The van der Waals surface area contributed by atoms with Crippen molar-refractivity contribution in [1.82, 2.24) is 9.97 Å². The molecule has 0 amide bonds. The zero-order valence-electron chi connectivity index (χ0n) is 10.4. The molecule has 0 saturated heterocycles. The fourth-order valence-corrected chi connectivity index (χ4v) is 1.67. The van der Waals surface area contributed by atoms with Gasteiger partial charge in [0.15, 0.2) is 11.6 Å². The van der Waals surface area contributed by atoms with Gasteiger partial charge in [0, 0.05) is 5.56 Å². The van der Waals surface area contributed by atoms with Gasteiger partial charge in [0.2, 0.25) is 5.95 Å². The molecule has 5 N–H and O–H groups in total. The number of aromatic hydroxyl groups is 1. The molecule has 0 unspecified atom stereocenters. The van der Waals surface area contributed by atoms with Gasteiger partial charge >= 0.3 is 5.97 Å². The summed E-state index contributed by atoms with van der Waals surface area (Å²) in [5.74, 6) is -2.87. The SMILES string of the molecule is COC(=O)c1cccc(-c2nc(N)nc(N)c2F)c1O. The van der Waals surface area contributed by atoms with E-state index in [9.17, 15) is 14.3 Å². The predicted octanol–water partition coefficient (Wildman–Crippen LogP) is 0.939. The summed E-state index contributed by atoms with van der Waals surface area (Å²) in [5, 5.41) is 10.0. The zero-order valence-corrected chi connectivity index (χ0v) is 10.4. The van der Waals surface area contributed by atoms with Crippen molar-refractivity contribution in [3.8, 4) is 17.0 Å². The number of benzene rings is 1. The van der Waals surface area contributed by atoms with Crippen LogP contribution >= 0.6 is 0 Å². The number of phenols is 1. The number of nitrogens with two attached hydrogens (primary N) is 2. The fraction of sp³-hybridized carbons (Fsp3) is 0.0833. The summed E-state index contributed by atoms with van der Waals surface area (Å²) in [5.41, 5.74) is 10.3. The monoisotopic (exact) mass is 278 g/mol. The smallest absolute Gasteiger partial charge is 0.341 e. The van der Waals surface area contributed by atoms with E-state index in [1.54, 1.807) is 0 Å². The molecule has 0 spiro atoms. The number of carbonyl (C=O) groups excluding carboxylic acids is 1. The number of ether oxygens (including phenoxy) is 1. The average molecular weight is 278 g/mol. The van der Waals surface area contributed by atoms with E-state index in [2.05, 4.69) is 14.7 Å². The number of para-hydroxylation sites is 1. The summed E-state index contributed by atoms with van der Waals surface area (Å²) >= 11 is 0. The van der Waals surface area contributed by atoms with E-state index in [1.807, 2.05) is 0 Å². The van der Waals surface area contributed by atoms with Crippen molar-refractivity contribution in [2.75, 3.05) is 18.6 Å².